The molecule has 0 atom stereocenters. The zero-order valence-electron chi connectivity index (χ0n) is 15.7. The van der Waals surface area contributed by atoms with Crippen LogP contribution in [0.1, 0.15) is 5.56 Å². The highest BCUT2D eigenvalue weighted by Gasteiger charge is 2.24. The number of hydrogen-bond donors (Lipinski definition) is 0. The minimum atomic E-state index is 0.125. The van der Waals surface area contributed by atoms with Gasteiger partial charge in [0.15, 0.2) is 0 Å². The molecule has 7 nitrogen and oxygen atoms in total. The first-order valence-corrected chi connectivity index (χ1v) is 9.27. The molecule has 2 heterocycles. The topological polar surface area (TPSA) is 71.7 Å². The van der Waals surface area contributed by atoms with Crippen LogP contribution in [0, 0.1) is 0 Å². The number of piperazine rings is 1. The third-order valence-electron chi connectivity index (χ3n) is 4.85. The van der Waals surface area contributed by atoms with Crippen molar-refractivity contribution in [3.63, 3.8) is 0 Å². The molecule has 7 heteroatoms. The molecule has 4 rings (SSSR count). The van der Waals surface area contributed by atoms with E-state index in [1.165, 1.54) is 0 Å². The Bertz CT molecular complexity index is 916. The number of anilines is 1. The fraction of sp³-hybridized carbons (Fsp3) is 0.286. The van der Waals surface area contributed by atoms with Crippen LogP contribution in [0.25, 0.3) is 11.5 Å². The van der Waals surface area contributed by atoms with E-state index in [0.29, 0.717) is 44.5 Å². The Balaban J connectivity index is 1.33. The maximum absolute atomic E-state index is 12.6. The van der Waals surface area contributed by atoms with Gasteiger partial charge in [0, 0.05) is 31.7 Å². The van der Waals surface area contributed by atoms with Crippen molar-refractivity contribution in [2.24, 2.45) is 0 Å². The normalized spacial score (nSPS) is 14.2. The molecule has 0 spiro atoms. The molecule has 1 amide bonds. The van der Waals surface area contributed by atoms with E-state index in [1.807, 2.05) is 64.4 Å². The molecule has 1 aliphatic heterocycles. The molecule has 0 N–H and O–H groups in total. The highest BCUT2D eigenvalue weighted by atomic mass is 16.5. The minimum Gasteiger partial charge on any atom is -0.497 e. The second kappa shape index (κ2) is 8.12. The van der Waals surface area contributed by atoms with E-state index < -0.39 is 0 Å². The highest BCUT2D eigenvalue weighted by molar-refractivity contribution is 5.79. The van der Waals surface area contributed by atoms with E-state index >= 15 is 0 Å². The number of hydrogen-bond acceptors (Lipinski definition) is 6. The van der Waals surface area contributed by atoms with Crippen molar-refractivity contribution in [3.05, 3.63) is 60.2 Å². The summed E-state index contributed by atoms with van der Waals surface area (Å²) in [4.78, 5) is 16.5. The summed E-state index contributed by atoms with van der Waals surface area (Å²) < 4.78 is 11.0. The molecule has 28 heavy (non-hydrogen) atoms. The Labute approximate surface area is 163 Å². The first kappa shape index (κ1) is 18.0. The number of nitrogens with zero attached hydrogens (tertiary/aromatic N) is 4. The van der Waals surface area contributed by atoms with Gasteiger partial charge in [0.1, 0.15) is 5.75 Å². The summed E-state index contributed by atoms with van der Waals surface area (Å²) in [6.45, 7) is 2.62. The first-order valence-electron chi connectivity index (χ1n) is 9.27. The minimum absolute atomic E-state index is 0.125. The fourth-order valence-electron chi connectivity index (χ4n) is 3.22. The summed E-state index contributed by atoms with van der Waals surface area (Å²) in [6.07, 6.45) is 0.392. The molecule has 0 unspecified atom stereocenters. The fourth-order valence-corrected chi connectivity index (χ4v) is 3.22. The maximum Gasteiger partial charge on any atom is 0.318 e. The lowest BCUT2D eigenvalue weighted by atomic mass is 10.1. The summed E-state index contributed by atoms with van der Waals surface area (Å²) in [6, 6.07) is 17.8. The Morgan fingerprint density at radius 2 is 1.71 bits per heavy atom. The van der Waals surface area contributed by atoms with E-state index in [-0.39, 0.29) is 5.91 Å². The predicted molar refractivity (Wildman–Crippen MR) is 105 cm³/mol. The second-order valence-electron chi connectivity index (χ2n) is 6.65. The van der Waals surface area contributed by atoms with Crippen LogP contribution in [0.15, 0.2) is 59.0 Å². The van der Waals surface area contributed by atoms with Crippen molar-refractivity contribution in [2.75, 3.05) is 38.2 Å². The van der Waals surface area contributed by atoms with Crippen LogP contribution in [-0.2, 0) is 11.2 Å². The lowest BCUT2D eigenvalue weighted by Gasteiger charge is -2.33. The monoisotopic (exact) mass is 378 g/mol. The average molecular weight is 378 g/mol. The Kier molecular flexibility index (Phi) is 5.23. The molecular formula is C21H22N4O3. The average Bonchev–Trinajstić information content (AvgIpc) is 3.25. The maximum atomic E-state index is 12.6. The largest absolute Gasteiger partial charge is 0.497 e. The number of carbonyl (C=O) groups excluding carboxylic acids is 1. The molecule has 0 radical (unpaired) electrons. The number of rotatable bonds is 5. The number of benzene rings is 2. The van der Waals surface area contributed by atoms with E-state index in [0.717, 1.165) is 16.9 Å². The van der Waals surface area contributed by atoms with Gasteiger partial charge in [-0.3, -0.25) is 4.79 Å². The van der Waals surface area contributed by atoms with Crippen molar-refractivity contribution in [2.45, 2.75) is 6.42 Å². The number of aromatic nitrogens is 2. The SMILES string of the molecule is COc1ccc(CC(=O)N2CCN(c3nnc(-c4ccccc4)o3)CC2)cc1. The van der Waals surface area contributed by atoms with Crippen LogP contribution in [0.3, 0.4) is 0 Å². The van der Waals surface area contributed by atoms with Crippen molar-refractivity contribution < 1.29 is 13.9 Å². The summed E-state index contributed by atoms with van der Waals surface area (Å²) >= 11 is 0. The van der Waals surface area contributed by atoms with Crippen LogP contribution < -0.4 is 9.64 Å². The van der Waals surface area contributed by atoms with Gasteiger partial charge < -0.3 is 19.0 Å². The third kappa shape index (κ3) is 3.98. The molecule has 1 saturated heterocycles. The van der Waals surface area contributed by atoms with Gasteiger partial charge in [-0.1, -0.05) is 35.4 Å². The highest BCUT2D eigenvalue weighted by Crippen LogP contribution is 2.22. The number of amides is 1. The van der Waals surface area contributed by atoms with Gasteiger partial charge in [0.25, 0.3) is 0 Å². The van der Waals surface area contributed by atoms with Crippen LogP contribution in [0.2, 0.25) is 0 Å². The van der Waals surface area contributed by atoms with Gasteiger partial charge >= 0.3 is 6.01 Å². The van der Waals surface area contributed by atoms with Crippen LogP contribution in [0.4, 0.5) is 6.01 Å². The molecule has 0 aliphatic carbocycles. The summed E-state index contributed by atoms with van der Waals surface area (Å²) in [5, 5.41) is 8.30. The second-order valence-corrected chi connectivity index (χ2v) is 6.65. The Hall–Kier alpha value is -3.35. The standard InChI is InChI=1S/C21H22N4O3/c1-27-18-9-7-16(8-10-18)15-19(26)24-11-13-25(14-12-24)21-23-22-20(28-21)17-5-3-2-4-6-17/h2-10H,11-15H2,1H3. The number of ether oxygens (including phenoxy) is 1. The molecular weight excluding hydrogens is 356 g/mol. The van der Waals surface area contributed by atoms with Gasteiger partial charge in [0.2, 0.25) is 11.8 Å². The van der Waals surface area contributed by atoms with Crippen LogP contribution >= 0.6 is 0 Å². The van der Waals surface area contributed by atoms with Gasteiger partial charge in [-0.15, -0.1) is 5.10 Å². The summed E-state index contributed by atoms with van der Waals surface area (Å²) in [5.41, 5.74) is 1.88. The molecule has 1 aliphatic rings. The molecule has 2 aromatic carbocycles. The van der Waals surface area contributed by atoms with E-state index in [2.05, 4.69) is 10.2 Å². The van der Waals surface area contributed by atoms with Gasteiger partial charge in [-0.2, -0.15) is 0 Å². The lowest BCUT2D eigenvalue weighted by molar-refractivity contribution is -0.130. The Morgan fingerprint density at radius 1 is 1.00 bits per heavy atom. The number of carbonyl (C=O) groups is 1. The first-order chi connectivity index (χ1) is 13.7. The van der Waals surface area contributed by atoms with E-state index in [1.54, 1.807) is 7.11 Å². The molecule has 0 saturated carbocycles. The molecule has 144 valence electrons. The van der Waals surface area contributed by atoms with Crippen molar-refractivity contribution >= 4 is 11.9 Å². The van der Waals surface area contributed by atoms with Crippen LogP contribution in [0.5, 0.6) is 5.75 Å². The van der Waals surface area contributed by atoms with Gasteiger partial charge in [0.05, 0.1) is 13.5 Å². The van der Waals surface area contributed by atoms with Crippen molar-refractivity contribution in [3.8, 4) is 17.2 Å². The smallest absolute Gasteiger partial charge is 0.318 e. The molecule has 1 fully saturated rings. The summed E-state index contributed by atoms with van der Waals surface area (Å²) in [7, 11) is 1.63. The van der Waals surface area contributed by atoms with E-state index in [9.17, 15) is 4.79 Å². The molecule has 0 bridgehead atoms. The van der Waals surface area contributed by atoms with Gasteiger partial charge in [-0.25, -0.2) is 0 Å². The molecule has 3 aromatic rings. The predicted octanol–water partition coefficient (Wildman–Crippen LogP) is 2.64. The van der Waals surface area contributed by atoms with Crippen LogP contribution in [-0.4, -0.2) is 54.3 Å². The van der Waals surface area contributed by atoms with Gasteiger partial charge in [-0.05, 0) is 29.8 Å². The quantitative estimate of drug-likeness (QED) is 0.680. The zero-order chi connectivity index (χ0) is 19.3. The lowest BCUT2D eigenvalue weighted by Crippen LogP contribution is -2.49. The number of methoxy groups -OCH3 is 1. The van der Waals surface area contributed by atoms with Crippen molar-refractivity contribution in [1.29, 1.82) is 0 Å². The molecule has 1 aromatic heterocycles. The third-order valence-corrected chi connectivity index (χ3v) is 4.85. The van der Waals surface area contributed by atoms with E-state index in [4.69, 9.17) is 9.15 Å². The summed E-state index contributed by atoms with van der Waals surface area (Å²) in [5.74, 6) is 1.42. The van der Waals surface area contributed by atoms with Crippen molar-refractivity contribution in [1.82, 2.24) is 15.1 Å². The Morgan fingerprint density at radius 3 is 2.39 bits per heavy atom. The zero-order valence-corrected chi connectivity index (χ0v) is 15.7.